The van der Waals surface area contributed by atoms with Gasteiger partial charge in [0.05, 0.1) is 7.11 Å². The largest absolute Gasteiger partial charge is 0.507 e. The number of carbonyl (C=O) groups is 1. The number of esters is 1. The van der Waals surface area contributed by atoms with Gasteiger partial charge in [0, 0.05) is 22.7 Å². The zero-order chi connectivity index (χ0) is 11.9. The number of phenols is 1. The molecule has 4 nitrogen and oxygen atoms in total. The minimum atomic E-state index is -0.530. The number of methoxy groups -OCH3 is 1. The van der Waals surface area contributed by atoms with Crippen molar-refractivity contribution in [2.75, 3.05) is 7.11 Å². The number of phenolic OH excluding ortho intramolecular Hbond substituents is 1. The normalized spacial score (nSPS) is 10.7. The van der Waals surface area contributed by atoms with E-state index in [1.807, 2.05) is 13.8 Å². The number of hydrogen-bond donors (Lipinski definition) is 2. The van der Waals surface area contributed by atoms with Crippen molar-refractivity contribution in [1.29, 1.82) is 0 Å². The van der Waals surface area contributed by atoms with Gasteiger partial charge in [-0.05, 0) is 25.5 Å². The van der Waals surface area contributed by atoms with Crippen molar-refractivity contribution >= 4 is 16.9 Å². The number of carbonyl (C=O) groups excluding carboxylic acids is 1. The molecule has 1 heterocycles. The molecule has 0 fully saturated rings. The first kappa shape index (κ1) is 10.5. The van der Waals surface area contributed by atoms with Crippen LogP contribution in [0.25, 0.3) is 10.9 Å². The van der Waals surface area contributed by atoms with Crippen LogP contribution >= 0.6 is 0 Å². The maximum atomic E-state index is 11.4. The predicted octanol–water partition coefficient (Wildman–Crippen LogP) is 2.28. The molecule has 4 heteroatoms. The first-order chi connectivity index (χ1) is 7.54. The number of hydrogen-bond acceptors (Lipinski definition) is 3. The molecule has 0 saturated heterocycles. The third kappa shape index (κ3) is 1.43. The quantitative estimate of drug-likeness (QED) is 0.723. The van der Waals surface area contributed by atoms with Gasteiger partial charge in [-0.25, -0.2) is 4.79 Å². The van der Waals surface area contributed by atoms with Crippen molar-refractivity contribution in [3.05, 3.63) is 29.0 Å². The molecular formula is C12H13NO3. The molecule has 0 radical (unpaired) electrons. The molecule has 84 valence electrons. The SMILES string of the molecule is COC(=O)c1cc2c(C)c(C)[nH]c2cc1O. The van der Waals surface area contributed by atoms with Crippen LogP contribution in [0.5, 0.6) is 5.75 Å². The lowest BCUT2D eigenvalue weighted by Gasteiger charge is -2.03. The highest BCUT2D eigenvalue weighted by Crippen LogP contribution is 2.28. The summed E-state index contributed by atoms with van der Waals surface area (Å²) in [6, 6.07) is 3.19. The average Bonchev–Trinajstić information content (AvgIpc) is 2.52. The van der Waals surface area contributed by atoms with Gasteiger partial charge in [0.1, 0.15) is 11.3 Å². The number of ether oxygens (including phenoxy) is 1. The zero-order valence-electron chi connectivity index (χ0n) is 9.42. The average molecular weight is 219 g/mol. The van der Waals surface area contributed by atoms with Gasteiger partial charge in [0.2, 0.25) is 0 Å². The lowest BCUT2D eigenvalue weighted by atomic mass is 10.1. The number of fused-ring (bicyclic) bond motifs is 1. The molecule has 0 amide bonds. The molecule has 2 N–H and O–H groups in total. The third-order valence-electron chi connectivity index (χ3n) is 2.83. The minimum Gasteiger partial charge on any atom is -0.507 e. The molecule has 1 aromatic heterocycles. The summed E-state index contributed by atoms with van der Waals surface area (Å²) in [5.74, 6) is -0.599. The molecule has 0 unspecified atom stereocenters. The van der Waals surface area contributed by atoms with E-state index < -0.39 is 5.97 Å². The Morgan fingerprint density at radius 3 is 2.69 bits per heavy atom. The molecule has 1 aromatic carbocycles. The van der Waals surface area contributed by atoms with Gasteiger partial charge in [-0.3, -0.25) is 0 Å². The summed E-state index contributed by atoms with van der Waals surface area (Å²) in [4.78, 5) is 14.5. The van der Waals surface area contributed by atoms with E-state index >= 15 is 0 Å². The molecule has 0 aliphatic heterocycles. The van der Waals surface area contributed by atoms with Crippen LogP contribution in [0.1, 0.15) is 21.6 Å². The molecule has 0 aliphatic rings. The van der Waals surface area contributed by atoms with Gasteiger partial charge in [0.15, 0.2) is 0 Å². The Bertz CT molecular complexity index is 569. The van der Waals surface area contributed by atoms with Crippen LogP contribution in [0.4, 0.5) is 0 Å². The molecule has 0 spiro atoms. The molecule has 0 bridgehead atoms. The summed E-state index contributed by atoms with van der Waals surface area (Å²) in [6.07, 6.45) is 0. The second-order valence-electron chi connectivity index (χ2n) is 3.78. The maximum Gasteiger partial charge on any atom is 0.341 e. The Balaban J connectivity index is 2.73. The number of aromatic amines is 1. The Morgan fingerprint density at radius 2 is 2.06 bits per heavy atom. The summed E-state index contributed by atoms with van der Waals surface area (Å²) in [5, 5.41) is 10.6. The lowest BCUT2D eigenvalue weighted by Crippen LogP contribution is -2.01. The Hall–Kier alpha value is -1.97. The smallest absolute Gasteiger partial charge is 0.341 e. The fourth-order valence-electron chi connectivity index (χ4n) is 1.77. The van der Waals surface area contributed by atoms with Gasteiger partial charge in [-0.1, -0.05) is 0 Å². The van der Waals surface area contributed by atoms with E-state index in [-0.39, 0.29) is 11.3 Å². The molecule has 16 heavy (non-hydrogen) atoms. The Kier molecular flexibility index (Phi) is 2.34. The van der Waals surface area contributed by atoms with Crippen molar-refractivity contribution in [3.63, 3.8) is 0 Å². The van der Waals surface area contributed by atoms with Gasteiger partial charge in [-0.2, -0.15) is 0 Å². The number of H-pyrrole nitrogens is 1. The molecule has 0 aliphatic carbocycles. The van der Waals surface area contributed by atoms with Crippen LogP contribution in [-0.4, -0.2) is 23.2 Å². The van der Waals surface area contributed by atoms with Crippen molar-refractivity contribution < 1.29 is 14.6 Å². The van der Waals surface area contributed by atoms with Crippen LogP contribution in [0.3, 0.4) is 0 Å². The summed E-state index contributed by atoms with van der Waals surface area (Å²) >= 11 is 0. The molecular weight excluding hydrogens is 206 g/mol. The molecule has 2 rings (SSSR count). The second kappa shape index (κ2) is 3.56. The first-order valence-corrected chi connectivity index (χ1v) is 4.94. The highest BCUT2D eigenvalue weighted by Gasteiger charge is 2.15. The minimum absolute atomic E-state index is 0.0689. The molecule has 0 atom stereocenters. The van der Waals surface area contributed by atoms with Crippen LogP contribution < -0.4 is 0 Å². The summed E-state index contributed by atoms with van der Waals surface area (Å²) in [6.45, 7) is 3.91. The highest BCUT2D eigenvalue weighted by atomic mass is 16.5. The zero-order valence-corrected chi connectivity index (χ0v) is 9.42. The van der Waals surface area contributed by atoms with E-state index in [2.05, 4.69) is 9.72 Å². The number of aromatic hydroxyl groups is 1. The van der Waals surface area contributed by atoms with Gasteiger partial charge in [-0.15, -0.1) is 0 Å². The first-order valence-electron chi connectivity index (χ1n) is 4.94. The standard InChI is InChI=1S/C12H13NO3/c1-6-7(2)13-10-5-11(14)9(4-8(6)10)12(15)16-3/h4-5,13-14H,1-3H3. The van der Waals surface area contributed by atoms with Crippen LogP contribution in [0, 0.1) is 13.8 Å². The van der Waals surface area contributed by atoms with Gasteiger partial charge < -0.3 is 14.8 Å². The number of aryl methyl sites for hydroxylation is 2. The van der Waals surface area contributed by atoms with Gasteiger partial charge in [0.25, 0.3) is 0 Å². The van der Waals surface area contributed by atoms with E-state index in [1.54, 1.807) is 12.1 Å². The Morgan fingerprint density at radius 1 is 1.38 bits per heavy atom. The molecule has 0 saturated carbocycles. The van der Waals surface area contributed by atoms with Crippen LogP contribution in [0.15, 0.2) is 12.1 Å². The highest BCUT2D eigenvalue weighted by molar-refractivity contribution is 5.98. The maximum absolute atomic E-state index is 11.4. The van der Waals surface area contributed by atoms with Crippen molar-refractivity contribution in [2.45, 2.75) is 13.8 Å². The van der Waals surface area contributed by atoms with Crippen molar-refractivity contribution in [2.24, 2.45) is 0 Å². The topological polar surface area (TPSA) is 62.3 Å². The van der Waals surface area contributed by atoms with Gasteiger partial charge >= 0.3 is 5.97 Å². The van der Waals surface area contributed by atoms with E-state index in [4.69, 9.17) is 0 Å². The number of benzene rings is 1. The van der Waals surface area contributed by atoms with Crippen molar-refractivity contribution in [3.8, 4) is 5.75 Å². The fourth-order valence-corrected chi connectivity index (χ4v) is 1.77. The van der Waals surface area contributed by atoms with Crippen LogP contribution in [0.2, 0.25) is 0 Å². The Labute approximate surface area is 92.9 Å². The van der Waals surface area contributed by atoms with E-state index in [0.717, 1.165) is 22.2 Å². The summed E-state index contributed by atoms with van der Waals surface area (Å²) < 4.78 is 4.60. The fraction of sp³-hybridized carbons (Fsp3) is 0.250. The monoisotopic (exact) mass is 219 g/mol. The van der Waals surface area contributed by atoms with E-state index in [9.17, 15) is 9.90 Å². The predicted molar refractivity (Wildman–Crippen MR) is 60.8 cm³/mol. The summed E-state index contributed by atoms with van der Waals surface area (Å²) in [7, 11) is 1.29. The molecule has 2 aromatic rings. The third-order valence-corrected chi connectivity index (χ3v) is 2.83. The number of rotatable bonds is 1. The number of nitrogens with one attached hydrogen (secondary N) is 1. The lowest BCUT2D eigenvalue weighted by molar-refractivity contribution is 0.0597. The van der Waals surface area contributed by atoms with Crippen LogP contribution in [-0.2, 0) is 4.74 Å². The summed E-state index contributed by atoms with van der Waals surface area (Å²) in [5.41, 5.74) is 3.11. The number of aromatic nitrogens is 1. The van der Waals surface area contributed by atoms with Crippen molar-refractivity contribution in [1.82, 2.24) is 4.98 Å². The van der Waals surface area contributed by atoms with E-state index in [0.29, 0.717) is 0 Å². The second-order valence-corrected chi connectivity index (χ2v) is 3.78. The van der Waals surface area contributed by atoms with E-state index in [1.165, 1.54) is 7.11 Å².